The van der Waals surface area contributed by atoms with Crippen LogP contribution in [-0.2, 0) is 16.6 Å². The highest BCUT2D eigenvalue weighted by molar-refractivity contribution is 6.06. The summed E-state index contributed by atoms with van der Waals surface area (Å²) in [6, 6.07) is 8.01. The van der Waals surface area contributed by atoms with Crippen molar-refractivity contribution >= 4 is 28.2 Å². The molecule has 8 heteroatoms. The van der Waals surface area contributed by atoms with Gasteiger partial charge in [0, 0.05) is 48.7 Å². The topological polar surface area (TPSA) is 84.3 Å². The van der Waals surface area contributed by atoms with Crippen molar-refractivity contribution in [1.29, 1.82) is 0 Å². The van der Waals surface area contributed by atoms with E-state index in [1.54, 1.807) is 4.68 Å². The maximum Gasteiger partial charge on any atom is 0.275 e. The van der Waals surface area contributed by atoms with Gasteiger partial charge in [0.15, 0.2) is 6.23 Å². The van der Waals surface area contributed by atoms with Crippen LogP contribution in [-0.4, -0.2) is 33.8 Å². The number of nitrogens with one attached hydrogen (secondary N) is 2. The van der Waals surface area contributed by atoms with Crippen LogP contribution in [0.3, 0.4) is 0 Å². The quantitative estimate of drug-likeness (QED) is 0.654. The zero-order chi connectivity index (χ0) is 22.2. The molecule has 1 fully saturated rings. The van der Waals surface area contributed by atoms with E-state index < -0.39 is 6.23 Å². The van der Waals surface area contributed by atoms with Gasteiger partial charge in [-0.15, -0.1) is 0 Å². The largest absolute Gasteiger partial charge is 0.472 e. The maximum atomic E-state index is 13.1. The summed E-state index contributed by atoms with van der Waals surface area (Å²) in [5.41, 5.74) is 5.91. The van der Waals surface area contributed by atoms with Gasteiger partial charge in [0.25, 0.3) is 5.91 Å². The number of nitrogens with zero attached hydrogens (tertiary/aromatic N) is 4. The van der Waals surface area contributed by atoms with Gasteiger partial charge in [-0.1, -0.05) is 0 Å². The van der Waals surface area contributed by atoms with E-state index in [9.17, 15) is 4.79 Å². The molecule has 1 aromatic carbocycles. The number of hydrogen-bond donors (Lipinski definition) is 2. The molecular weight excluding hydrogens is 404 g/mol. The molecule has 2 aliphatic rings. The molecule has 8 nitrogen and oxygen atoms in total. The fraction of sp³-hybridized carbons (Fsp3) is 0.375. The summed E-state index contributed by atoms with van der Waals surface area (Å²) in [5.74, 6) is -0.225. The van der Waals surface area contributed by atoms with Gasteiger partial charge in [-0.25, -0.2) is 0 Å². The smallest absolute Gasteiger partial charge is 0.275 e. The van der Waals surface area contributed by atoms with Crippen molar-refractivity contribution in [2.45, 2.75) is 39.3 Å². The molecule has 4 heterocycles. The Morgan fingerprint density at radius 1 is 1.12 bits per heavy atom. The molecule has 2 N–H and O–H groups in total. The molecule has 166 valence electrons. The summed E-state index contributed by atoms with van der Waals surface area (Å²) in [5, 5.41) is 11.8. The van der Waals surface area contributed by atoms with E-state index in [4.69, 9.17) is 4.74 Å². The van der Waals surface area contributed by atoms with Crippen molar-refractivity contribution in [3.05, 3.63) is 59.4 Å². The van der Waals surface area contributed by atoms with Crippen molar-refractivity contribution in [3.8, 4) is 0 Å². The van der Waals surface area contributed by atoms with Crippen LogP contribution in [0, 0.1) is 13.8 Å². The summed E-state index contributed by atoms with van der Waals surface area (Å²) in [6.45, 7) is 5.86. The lowest BCUT2D eigenvalue weighted by molar-refractivity contribution is -0.113. The first-order chi connectivity index (χ1) is 15.5. The fourth-order valence-electron chi connectivity index (χ4n) is 4.51. The summed E-state index contributed by atoms with van der Waals surface area (Å²) in [7, 11) is 1.91. The number of aryl methyl sites for hydroxylation is 3. The molecule has 1 saturated heterocycles. The number of pyridine rings is 1. The van der Waals surface area contributed by atoms with E-state index in [0.717, 1.165) is 65.2 Å². The predicted molar refractivity (Wildman–Crippen MR) is 124 cm³/mol. The third kappa shape index (κ3) is 4.00. The van der Waals surface area contributed by atoms with Crippen LogP contribution in [0.15, 0.2) is 42.4 Å². The monoisotopic (exact) mass is 432 g/mol. The minimum absolute atomic E-state index is 0.225. The summed E-state index contributed by atoms with van der Waals surface area (Å²) < 4.78 is 7.56. The Bertz CT molecular complexity index is 1190. The molecule has 32 heavy (non-hydrogen) atoms. The molecule has 1 atom stereocenters. The lowest BCUT2D eigenvalue weighted by atomic mass is 10.1. The number of rotatable bonds is 4. The maximum absolute atomic E-state index is 13.1. The number of anilines is 2. The van der Waals surface area contributed by atoms with Crippen molar-refractivity contribution in [2.75, 3.05) is 23.3 Å². The minimum atomic E-state index is -0.404. The Hall–Kier alpha value is -3.55. The van der Waals surface area contributed by atoms with Crippen molar-refractivity contribution in [3.63, 3.8) is 0 Å². The SMILES string of the molecule is Cc1cc(C2NC(C(=O)Nc3cc4cn(C)nc4cc3N3CCCCC3)=CO2)cc(C)n1. The Morgan fingerprint density at radius 2 is 1.88 bits per heavy atom. The van der Waals surface area contributed by atoms with E-state index in [1.807, 2.05) is 45.3 Å². The van der Waals surface area contributed by atoms with E-state index in [1.165, 1.54) is 12.7 Å². The van der Waals surface area contributed by atoms with Crippen LogP contribution in [0.4, 0.5) is 11.4 Å². The average Bonchev–Trinajstić information content (AvgIpc) is 3.39. The molecule has 0 bridgehead atoms. The summed E-state index contributed by atoms with van der Waals surface area (Å²) in [6.07, 6.45) is 6.60. The predicted octanol–water partition coefficient (Wildman–Crippen LogP) is 3.67. The molecule has 0 aliphatic carbocycles. The Morgan fingerprint density at radius 3 is 2.62 bits per heavy atom. The van der Waals surface area contributed by atoms with Crippen LogP contribution < -0.4 is 15.5 Å². The zero-order valence-corrected chi connectivity index (χ0v) is 18.7. The van der Waals surface area contributed by atoms with Gasteiger partial charge < -0.3 is 20.3 Å². The number of ether oxygens (including phenoxy) is 1. The number of hydrogen-bond acceptors (Lipinski definition) is 6. The highest BCUT2D eigenvalue weighted by atomic mass is 16.5. The lowest BCUT2D eigenvalue weighted by Gasteiger charge is -2.30. The van der Waals surface area contributed by atoms with Gasteiger partial charge in [-0.3, -0.25) is 14.5 Å². The standard InChI is InChI=1S/C24H28N6O2/c1-15-9-17(10-16(2)25-15)24-27-21(14-32-24)23(31)26-20-11-18-13-29(3)28-19(18)12-22(20)30-7-5-4-6-8-30/h9-14,24,27H,4-8H2,1-3H3,(H,26,31). The van der Waals surface area contributed by atoms with Crippen LogP contribution >= 0.6 is 0 Å². The lowest BCUT2D eigenvalue weighted by Crippen LogP contribution is -2.31. The average molecular weight is 433 g/mol. The van der Waals surface area contributed by atoms with E-state index in [-0.39, 0.29) is 5.91 Å². The molecule has 0 saturated carbocycles. The summed E-state index contributed by atoms with van der Waals surface area (Å²) >= 11 is 0. The first-order valence-corrected chi connectivity index (χ1v) is 11.1. The molecule has 1 amide bonds. The molecule has 0 radical (unpaired) electrons. The van der Waals surface area contributed by atoms with Crippen molar-refractivity contribution in [2.24, 2.45) is 7.05 Å². The molecule has 2 aromatic heterocycles. The molecule has 2 aliphatic heterocycles. The number of fused-ring (bicyclic) bond motifs is 1. The van der Waals surface area contributed by atoms with Crippen molar-refractivity contribution < 1.29 is 9.53 Å². The van der Waals surface area contributed by atoms with Crippen LogP contribution in [0.5, 0.6) is 0 Å². The third-order valence-corrected chi connectivity index (χ3v) is 5.94. The van der Waals surface area contributed by atoms with Crippen LogP contribution in [0.1, 0.15) is 42.4 Å². The van der Waals surface area contributed by atoms with Crippen LogP contribution in [0.25, 0.3) is 10.9 Å². The molecule has 5 rings (SSSR count). The minimum Gasteiger partial charge on any atom is -0.472 e. The second-order valence-electron chi connectivity index (χ2n) is 8.61. The number of aromatic nitrogens is 3. The third-order valence-electron chi connectivity index (χ3n) is 5.94. The number of carbonyl (C=O) groups is 1. The second kappa shape index (κ2) is 8.18. The first kappa shape index (κ1) is 20.4. The van der Waals surface area contributed by atoms with Gasteiger partial charge in [-0.05, 0) is 57.4 Å². The number of benzene rings is 1. The van der Waals surface area contributed by atoms with Gasteiger partial charge in [0.05, 0.1) is 16.9 Å². The van der Waals surface area contributed by atoms with Gasteiger partial charge in [0.2, 0.25) is 0 Å². The summed E-state index contributed by atoms with van der Waals surface area (Å²) in [4.78, 5) is 19.9. The van der Waals surface area contributed by atoms with Crippen LogP contribution in [0.2, 0.25) is 0 Å². The fourth-order valence-corrected chi connectivity index (χ4v) is 4.51. The molecule has 3 aromatic rings. The Balaban J connectivity index is 1.38. The first-order valence-electron chi connectivity index (χ1n) is 11.1. The van der Waals surface area contributed by atoms with Gasteiger partial charge in [0.1, 0.15) is 12.0 Å². The highest BCUT2D eigenvalue weighted by Gasteiger charge is 2.26. The van der Waals surface area contributed by atoms with E-state index >= 15 is 0 Å². The highest BCUT2D eigenvalue weighted by Crippen LogP contribution is 2.33. The van der Waals surface area contributed by atoms with E-state index in [2.05, 4.69) is 31.7 Å². The van der Waals surface area contributed by atoms with Gasteiger partial charge in [-0.2, -0.15) is 5.10 Å². The Labute approximate surface area is 187 Å². The Kier molecular flexibility index (Phi) is 5.20. The molecule has 0 spiro atoms. The number of carbonyl (C=O) groups excluding carboxylic acids is 1. The molecule has 1 unspecified atom stereocenters. The molecular formula is C24H28N6O2. The number of amides is 1. The normalized spacial score (nSPS) is 18.3. The number of piperidine rings is 1. The van der Waals surface area contributed by atoms with E-state index in [0.29, 0.717) is 5.70 Å². The van der Waals surface area contributed by atoms with Gasteiger partial charge >= 0.3 is 0 Å². The van der Waals surface area contributed by atoms with Crippen molar-refractivity contribution in [1.82, 2.24) is 20.1 Å². The second-order valence-corrected chi connectivity index (χ2v) is 8.61. The zero-order valence-electron chi connectivity index (χ0n) is 18.7.